The van der Waals surface area contributed by atoms with Crippen molar-refractivity contribution in [1.82, 2.24) is 25.1 Å². The predicted octanol–water partition coefficient (Wildman–Crippen LogP) is 1.65. The number of aromatic amines is 1. The molecule has 0 radical (unpaired) electrons. The van der Waals surface area contributed by atoms with E-state index < -0.39 is 12.1 Å². The van der Waals surface area contributed by atoms with Crippen molar-refractivity contribution in [3.05, 3.63) is 40.8 Å². The first-order chi connectivity index (χ1) is 15.1. The molecule has 3 fully saturated rings. The van der Waals surface area contributed by atoms with E-state index in [-0.39, 0.29) is 30.0 Å². The number of hydrogen-bond acceptors (Lipinski definition) is 6. The third kappa shape index (κ3) is 4.95. The first-order valence-corrected chi connectivity index (χ1v) is 10.9. The van der Waals surface area contributed by atoms with Crippen LogP contribution in [0.25, 0.3) is 0 Å². The van der Waals surface area contributed by atoms with Crippen LogP contribution in [-0.2, 0) is 16.1 Å². The van der Waals surface area contributed by atoms with Crippen LogP contribution in [0.3, 0.4) is 0 Å². The number of H-pyrrole nitrogens is 1. The highest BCUT2D eigenvalue weighted by atomic mass is 16.6. The fourth-order valence-electron chi connectivity index (χ4n) is 4.11. The molecule has 164 valence electrons. The van der Waals surface area contributed by atoms with Gasteiger partial charge in [0.05, 0.1) is 18.4 Å². The Bertz CT molecular complexity index is 1010. The maximum atomic E-state index is 13.2. The standard InChI is InChI=1S/C21H26N6O4/c28-19-16(22-7-8-23-19)11-27-10-14(9-24-27)25-20(29)18(26-21(30)31-15-5-6-15)17(12-1-2-12)13-3-4-13/h7-10,12-13,15,17-18H,1-6,11H2,(H,23,28)(H,25,29)(H,26,30)/t18-/m0/s1. The Morgan fingerprint density at radius 2 is 1.94 bits per heavy atom. The van der Waals surface area contributed by atoms with Crippen LogP contribution in [0.15, 0.2) is 29.6 Å². The second-order valence-electron chi connectivity index (χ2n) is 8.76. The van der Waals surface area contributed by atoms with Crippen LogP contribution in [0.5, 0.6) is 0 Å². The van der Waals surface area contributed by atoms with Gasteiger partial charge in [0.25, 0.3) is 5.56 Å². The number of nitrogens with zero attached hydrogens (tertiary/aromatic N) is 3. The molecule has 3 saturated carbocycles. The van der Waals surface area contributed by atoms with Crippen molar-refractivity contribution in [3.63, 3.8) is 0 Å². The van der Waals surface area contributed by atoms with Crippen LogP contribution in [0.4, 0.5) is 10.5 Å². The van der Waals surface area contributed by atoms with Gasteiger partial charge in [0, 0.05) is 18.6 Å². The summed E-state index contributed by atoms with van der Waals surface area (Å²) >= 11 is 0. The SMILES string of the molecule is O=C(N[C@H](C(=O)Nc1cnn(Cc2ncc[nH]c2=O)c1)C(C1CC1)C1CC1)OC1CC1. The van der Waals surface area contributed by atoms with Crippen LogP contribution in [0, 0.1) is 17.8 Å². The third-order valence-electron chi connectivity index (χ3n) is 6.07. The summed E-state index contributed by atoms with van der Waals surface area (Å²) in [6.07, 6.45) is 11.8. The Labute approximate surface area is 178 Å². The minimum atomic E-state index is -0.631. The lowest BCUT2D eigenvalue weighted by Crippen LogP contribution is -2.50. The van der Waals surface area contributed by atoms with Crippen LogP contribution in [-0.4, -0.2) is 43.9 Å². The second kappa shape index (κ2) is 8.16. The molecule has 0 aromatic carbocycles. The number of aromatic nitrogens is 4. The van der Waals surface area contributed by atoms with Crippen molar-refractivity contribution in [2.75, 3.05) is 5.32 Å². The summed E-state index contributed by atoms with van der Waals surface area (Å²) in [6.45, 7) is 0.189. The summed E-state index contributed by atoms with van der Waals surface area (Å²) in [5, 5.41) is 9.94. The van der Waals surface area contributed by atoms with E-state index in [0.29, 0.717) is 23.2 Å². The molecule has 0 spiro atoms. The van der Waals surface area contributed by atoms with Crippen molar-refractivity contribution in [3.8, 4) is 0 Å². The summed E-state index contributed by atoms with van der Waals surface area (Å²) in [6, 6.07) is -0.631. The molecule has 0 saturated heterocycles. The van der Waals surface area contributed by atoms with Gasteiger partial charge < -0.3 is 20.4 Å². The highest BCUT2D eigenvalue weighted by Crippen LogP contribution is 2.50. The Morgan fingerprint density at radius 1 is 1.19 bits per heavy atom. The van der Waals surface area contributed by atoms with Gasteiger partial charge >= 0.3 is 6.09 Å². The smallest absolute Gasteiger partial charge is 0.408 e. The fourth-order valence-corrected chi connectivity index (χ4v) is 4.11. The largest absolute Gasteiger partial charge is 0.446 e. The number of nitrogens with one attached hydrogen (secondary N) is 3. The lowest BCUT2D eigenvalue weighted by molar-refractivity contribution is -0.119. The number of carbonyl (C=O) groups is 2. The van der Waals surface area contributed by atoms with E-state index in [2.05, 4.69) is 25.7 Å². The summed E-state index contributed by atoms with van der Waals surface area (Å²) < 4.78 is 6.88. The molecule has 1 atom stereocenters. The molecule has 0 bridgehead atoms. The number of carbonyl (C=O) groups excluding carboxylic acids is 2. The molecule has 3 N–H and O–H groups in total. The topological polar surface area (TPSA) is 131 Å². The average Bonchev–Trinajstić information content (AvgIpc) is 3.59. The molecule has 2 amide bonds. The first-order valence-electron chi connectivity index (χ1n) is 10.9. The Morgan fingerprint density at radius 3 is 2.58 bits per heavy atom. The second-order valence-corrected chi connectivity index (χ2v) is 8.76. The van der Waals surface area contributed by atoms with Gasteiger partial charge in [-0.25, -0.2) is 4.79 Å². The van der Waals surface area contributed by atoms with Crippen molar-refractivity contribution in [2.24, 2.45) is 17.8 Å². The highest BCUT2D eigenvalue weighted by Gasteiger charge is 2.48. The van der Waals surface area contributed by atoms with E-state index >= 15 is 0 Å². The molecule has 2 aromatic rings. The number of rotatable bonds is 9. The van der Waals surface area contributed by atoms with Gasteiger partial charge in [0.1, 0.15) is 17.8 Å². The molecule has 3 aliphatic rings. The minimum Gasteiger partial charge on any atom is -0.446 e. The van der Waals surface area contributed by atoms with E-state index in [9.17, 15) is 14.4 Å². The highest BCUT2D eigenvalue weighted by molar-refractivity contribution is 5.96. The third-order valence-corrected chi connectivity index (χ3v) is 6.07. The molecule has 31 heavy (non-hydrogen) atoms. The van der Waals surface area contributed by atoms with Gasteiger partial charge in [-0.1, -0.05) is 0 Å². The Kier molecular flexibility index (Phi) is 5.21. The average molecular weight is 426 g/mol. The molecule has 0 aliphatic heterocycles. The molecule has 2 heterocycles. The van der Waals surface area contributed by atoms with E-state index in [1.165, 1.54) is 23.3 Å². The van der Waals surface area contributed by atoms with E-state index in [0.717, 1.165) is 38.5 Å². The van der Waals surface area contributed by atoms with Gasteiger partial charge in [-0.15, -0.1) is 0 Å². The first kappa shape index (κ1) is 19.8. The van der Waals surface area contributed by atoms with Crippen molar-refractivity contribution in [2.45, 2.75) is 57.2 Å². The zero-order valence-corrected chi connectivity index (χ0v) is 17.1. The fraction of sp³-hybridized carbons (Fsp3) is 0.571. The van der Waals surface area contributed by atoms with Crippen molar-refractivity contribution >= 4 is 17.7 Å². The number of amides is 2. The van der Waals surface area contributed by atoms with E-state index in [1.807, 2.05) is 0 Å². The van der Waals surface area contributed by atoms with Gasteiger partial charge in [-0.2, -0.15) is 5.10 Å². The lowest BCUT2D eigenvalue weighted by Gasteiger charge is -2.27. The van der Waals surface area contributed by atoms with Crippen LogP contribution in [0.2, 0.25) is 0 Å². The molecular formula is C21H26N6O4. The quantitative estimate of drug-likeness (QED) is 0.559. The number of alkyl carbamates (subject to hydrolysis) is 1. The predicted molar refractivity (Wildman–Crippen MR) is 110 cm³/mol. The summed E-state index contributed by atoms with van der Waals surface area (Å²) in [4.78, 5) is 44.0. The zero-order chi connectivity index (χ0) is 21.4. The van der Waals surface area contributed by atoms with Crippen LogP contribution < -0.4 is 16.2 Å². The van der Waals surface area contributed by atoms with Crippen LogP contribution >= 0.6 is 0 Å². The molecule has 2 aromatic heterocycles. The van der Waals surface area contributed by atoms with Gasteiger partial charge in [0.2, 0.25) is 5.91 Å². The maximum absolute atomic E-state index is 13.2. The molecule has 10 nitrogen and oxygen atoms in total. The van der Waals surface area contributed by atoms with E-state index in [4.69, 9.17) is 4.74 Å². The maximum Gasteiger partial charge on any atom is 0.408 e. The lowest BCUT2D eigenvalue weighted by atomic mass is 9.89. The van der Waals surface area contributed by atoms with Gasteiger partial charge in [-0.3, -0.25) is 19.3 Å². The van der Waals surface area contributed by atoms with Gasteiger partial charge in [-0.05, 0) is 56.3 Å². The molecule has 5 rings (SSSR count). The molecule has 3 aliphatic carbocycles. The van der Waals surface area contributed by atoms with E-state index in [1.54, 1.807) is 6.20 Å². The minimum absolute atomic E-state index is 0.0167. The molecular weight excluding hydrogens is 400 g/mol. The summed E-state index contributed by atoms with van der Waals surface area (Å²) in [5.41, 5.74) is 0.553. The summed E-state index contributed by atoms with van der Waals surface area (Å²) in [7, 11) is 0. The number of ether oxygens (including phenoxy) is 1. The molecule has 10 heteroatoms. The Hall–Kier alpha value is -3.17. The normalized spacial score (nSPS) is 19.1. The zero-order valence-electron chi connectivity index (χ0n) is 17.1. The molecule has 0 unspecified atom stereocenters. The van der Waals surface area contributed by atoms with Gasteiger partial charge in [0.15, 0.2) is 0 Å². The summed E-state index contributed by atoms with van der Waals surface area (Å²) in [5.74, 6) is 0.826. The number of anilines is 1. The van der Waals surface area contributed by atoms with Crippen molar-refractivity contribution < 1.29 is 14.3 Å². The Balaban J connectivity index is 1.27. The number of hydrogen-bond donors (Lipinski definition) is 3. The van der Waals surface area contributed by atoms with Crippen LogP contribution in [0.1, 0.15) is 44.2 Å². The monoisotopic (exact) mass is 426 g/mol. The van der Waals surface area contributed by atoms with Crippen molar-refractivity contribution in [1.29, 1.82) is 0 Å².